The number of aromatic nitrogens is 2. The van der Waals surface area contributed by atoms with Crippen LogP contribution in [-0.2, 0) is 6.18 Å². The van der Waals surface area contributed by atoms with E-state index in [1.807, 2.05) is 18.4 Å². The van der Waals surface area contributed by atoms with Gasteiger partial charge >= 0.3 is 6.18 Å². The van der Waals surface area contributed by atoms with E-state index in [2.05, 4.69) is 4.98 Å². The highest BCUT2D eigenvalue weighted by molar-refractivity contribution is 5.76. The molecule has 22 heavy (non-hydrogen) atoms. The summed E-state index contributed by atoms with van der Waals surface area (Å²) in [6.45, 7) is 5.77. The highest BCUT2D eigenvalue weighted by Gasteiger charge is 2.30. The monoisotopic (exact) mass is 310 g/mol. The van der Waals surface area contributed by atoms with Crippen molar-refractivity contribution in [1.82, 2.24) is 9.55 Å². The SMILES string of the molecule is CCC(C)n1c(-c2ccc(C(F)(F)F)cc2)nc(C=O)c1C. The first-order chi connectivity index (χ1) is 10.3. The molecule has 0 saturated heterocycles. The number of benzene rings is 1. The second-order valence-corrected chi connectivity index (χ2v) is 5.23. The Morgan fingerprint density at radius 2 is 1.86 bits per heavy atom. The average Bonchev–Trinajstić information content (AvgIpc) is 2.82. The number of alkyl halides is 3. The Bertz CT molecular complexity index is 672. The van der Waals surface area contributed by atoms with Crippen molar-refractivity contribution in [2.75, 3.05) is 0 Å². The van der Waals surface area contributed by atoms with E-state index in [-0.39, 0.29) is 6.04 Å². The molecule has 3 nitrogen and oxygen atoms in total. The Morgan fingerprint density at radius 1 is 1.27 bits per heavy atom. The van der Waals surface area contributed by atoms with Gasteiger partial charge in [-0.25, -0.2) is 4.98 Å². The third-order valence-electron chi connectivity index (χ3n) is 3.80. The standard InChI is InChI=1S/C16H17F3N2O/c1-4-10(2)21-11(3)14(9-22)20-15(21)12-5-7-13(8-6-12)16(17,18)19/h5-10H,4H2,1-3H3. The van der Waals surface area contributed by atoms with Crippen LogP contribution in [0, 0.1) is 6.92 Å². The highest BCUT2D eigenvalue weighted by atomic mass is 19.4. The van der Waals surface area contributed by atoms with Crippen molar-refractivity contribution < 1.29 is 18.0 Å². The van der Waals surface area contributed by atoms with Crippen LogP contribution in [0.4, 0.5) is 13.2 Å². The van der Waals surface area contributed by atoms with E-state index >= 15 is 0 Å². The molecule has 2 aromatic rings. The van der Waals surface area contributed by atoms with E-state index < -0.39 is 11.7 Å². The van der Waals surface area contributed by atoms with Crippen LogP contribution in [0.15, 0.2) is 24.3 Å². The van der Waals surface area contributed by atoms with Crippen molar-refractivity contribution in [3.63, 3.8) is 0 Å². The van der Waals surface area contributed by atoms with Crippen LogP contribution in [0.25, 0.3) is 11.4 Å². The molecule has 0 bridgehead atoms. The molecule has 0 radical (unpaired) electrons. The predicted octanol–water partition coefficient (Wildman–Crippen LogP) is 4.66. The summed E-state index contributed by atoms with van der Waals surface area (Å²) in [7, 11) is 0. The van der Waals surface area contributed by atoms with Crippen LogP contribution >= 0.6 is 0 Å². The number of halogens is 3. The number of rotatable bonds is 4. The van der Waals surface area contributed by atoms with Gasteiger partial charge in [0.05, 0.1) is 5.56 Å². The molecule has 1 aromatic heterocycles. The molecule has 0 aliphatic rings. The van der Waals surface area contributed by atoms with E-state index in [0.717, 1.165) is 24.2 Å². The lowest BCUT2D eigenvalue weighted by molar-refractivity contribution is -0.137. The molecule has 0 amide bonds. The van der Waals surface area contributed by atoms with Crippen LogP contribution in [-0.4, -0.2) is 15.8 Å². The lowest BCUT2D eigenvalue weighted by Crippen LogP contribution is -2.08. The van der Waals surface area contributed by atoms with Crippen LogP contribution < -0.4 is 0 Å². The minimum absolute atomic E-state index is 0.0958. The molecule has 118 valence electrons. The molecule has 0 N–H and O–H groups in total. The summed E-state index contributed by atoms with van der Waals surface area (Å²) < 4.78 is 39.8. The Balaban J connectivity index is 2.54. The third-order valence-corrected chi connectivity index (χ3v) is 3.80. The molecule has 1 unspecified atom stereocenters. The number of aldehydes is 1. The van der Waals surface area contributed by atoms with Crippen LogP contribution in [0.2, 0.25) is 0 Å². The number of nitrogens with zero attached hydrogens (tertiary/aromatic N) is 2. The summed E-state index contributed by atoms with van der Waals surface area (Å²) in [5.74, 6) is 0.516. The summed E-state index contributed by atoms with van der Waals surface area (Å²) in [5.41, 5.74) is 0.893. The number of carbonyl (C=O) groups excluding carboxylic acids is 1. The van der Waals surface area contributed by atoms with Gasteiger partial charge in [0.25, 0.3) is 0 Å². The molecular formula is C16H17F3N2O. The van der Waals surface area contributed by atoms with Crippen LogP contribution in [0.1, 0.15) is 48.1 Å². The maximum absolute atomic E-state index is 12.6. The van der Waals surface area contributed by atoms with E-state index in [4.69, 9.17) is 0 Å². The average molecular weight is 310 g/mol. The van der Waals surface area contributed by atoms with Gasteiger partial charge in [0, 0.05) is 17.3 Å². The van der Waals surface area contributed by atoms with Gasteiger partial charge in [0.15, 0.2) is 6.29 Å². The summed E-state index contributed by atoms with van der Waals surface area (Å²) in [6, 6.07) is 4.93. The summed E-state index contributed by atoms with van der Waals surface area (Å²) >= 11 is 0. The molecule has 6 heteroatoms. The van der Waals surface area contributed by atoms with Crippen molar-refractivity contribution in [2.24, 2.45) is 0 Å². The molecule has 0 saturated carbocycles. The van der Waals surface area contributed by atoms with Gasteiger partial charge < -0.3 is 4.57 Å². The molecular weight excluding hydrogens is 293 g/mol. The summed E-state index contributed by atoms with van der Waals surface area (Å²) in [4.78, 5) is 15.4. The molecule has 1 heterocycles. The van der Waals surface area contributed by atoms with E-state index in [1.54, 1.807) is 6.92 Å². The zero-order valence-corrected chi connectivity index (χ0v) is 12.6. The quantitative estimate of drug-likeness (QED) is 0.770. The van der Waals surface area contributed by atoms with Crippen molar-refractivity contribution >= 4 is 6.29 Å². The summed E-state index contributed by atoms with van der Waals surface area (Å²) in [5, 5.41) is 0. The second kappa shape index (κ2) is 5.94. The maximum Gasteiger partial charge on any atom is 0.416 e. The minimum atomic E-state index is -4.37. The van der Waals surface area contributed by atoms with Crippen molar-refractivity contribution in [2.45, 2.75) is 39.4 Å². The molecule has 1 atom stereocenters. The first-order valence-corrected chi connectivity index (χ1v) is 7.01. The fraction of sp³-hybridized carbons (Fsp3) is 0.375. The predicted molar refractivity (Wildman–Crippen MR) is 77.8 cm³/mol. The van der Waals surface area contributed by atoms with E-state index in [9.17, 15) is 18.0 Å². The minimum Gasteiger partial charge on any atom is -0.325 e. The van der Waals surface area contributed by atoms with E-state index in [0.29, 0.717) is 23.4 Å². The molecule has 0 fully saturated rings. The van der Waals surface area contributed by atoms with Crippen molar-refractivity contribution in [1.29, 1.82) is 0 Å². The normalized spacial score (nSPS) is 13.2. The Kier molecular flexibility index (Phi) is 4.39. The highest BCUT2D eigenvalue weighted by Crippen LogP contribution is 2.32. The van der Waals surface area contributed by atoms with Gasteiger partial charge in [-0.1, -0.05) is 19.1 Å². The number of imidazole rings is 1. The fourth-order valence-electron chi connectivity index (χ4n) is 2.38. The van der Waals surface area contributed by atoms with Crippen LogP contribution in [0.5, 0.6) is 0 Å². The molecule has 1 aromatic carbocycles. The molecule has 2 rings (SSSR count). The zero-order chi connectivity index (χ0) is 16.5. The Morgan fingerprint density at radius 3 is 2.32 bits per heavy atom. The van der Waals surface area contributed by atoms with Gasteiger partial charge in [-0.15, -0.1) is 0 Å². The number of hydrogen-bond acceptors (Lipinski definition) is 2. The van der Waals surface area contributed by atoms with Gasteiger partial charge in [0.2, 0.25) is 0 Å². The number of carbonyl (C=O) groups is 1. The number of hydrogen-bond donors (Lipinski definition) is 0. The maximum atomic E-state index is 12.6. The Labute approximate surface area is 126 Å². The largest absolute Gasteiger partial charge is 0.416 e. The zero-order valence-electron chi connectivity index (χ0n) is 12.6. The molecule has 0 spiro atoms. The first kappa shape index (κ1) is 16.3. The van der Waals surface area contributed by atoms with Crippen LogP contribution in [0.3, 0.4) is 0 Å². The van der Waals surface area contributed by atoms with Crippen molar-refractivity contribution in [3.8, 4) is 11.4 Å². The Hall–Kier alpha value is -2.11. The molecule has 0 aliphatic heterocycles. The van der Waals surface area contributed by atoms with Crippen molar-refractivity contribution in [3.05, 3.63) is 41.2 Å². The summed E-state index contributed by atoms with van der Waals surface area (Å²) in [6.07, 6.45) is -2.88. The van der Waals surface area contributed by atoms with Gasteiger partial charge in [-0.05, 0) is 32.4 Å². The van der Waals surface area contributed by atoms with Gasteiger partial charge in [-0.2, -0.15) is 13.2 Å². The lowest BCUT2D eigenvalue weighted by Gasteiger charge is -2.17. The smallest absolute Gasteiger partial charge is 0.325 e. The van der Waals surface area contributed by atoms with Gasteiger partial charge in [-0.3, -0.25) is 4.79 Å². The second-order valence-electron chi connectivity index (χ2n) is 5.23. The third kappa shape index (κ3) is 2.91. The topological polar surface area (TPSA) is 34.9 Å². The fourth-order valence-corrected chi connectivity index (χ4v) is 2.38. The molecule has 0 aliphatic carbocycles. The first-order valence-electron chi connectivity index (χ1n) is 7.01. The van der Waals surface area contributed by atoms with Gasteiger partial charge in [0.1, 0.15) is 11.5 Å². The lowest BCUT2D eigenvalue weighted by atomic mass is 10.1. The van der Waals surface area contributed by atoms with E-state index in [1.165, 1.54) is 12.1 Å².